The minimum atomic E-state index is -0.708. The van der Waals surface area contributed by atoms with Crippen molar-refractivity contribution in [2.45, 2.75) is 31.8 Å². The Kier molecular flexibility index (Phi) is 6.38. The van der Waals surface area contributed by atoms with Crippen LogP contribution in [0.2, 0.25) is 0 Å². The molecule has 0 aromatic heterocycles. The van der Waals surface area contributed by atoms with Crippen molar-refractivity contribution in [3.8, 4) is 0 Å². The van der Waals surface area contributed by atoms with Gasteiger partial charge in [0.2, 0.25) is 17.7 Å². The van der Waals surface area contributed by atoms with Gasteiger partial charge in [-0.15, -0.1) is 0 Å². The molecule has 2 aliphatic heterocycles. The van der Waals surface area contributed by atoms with Gasteiger partial charge in [0.25, 0.3) is 0 Å². The van der Waals surface area contributed by atoms with Crippen LogP contribution in [-0.2, 0) is 20.9 Å². The van der Waals surface area contributed by atoms with Gasteiger partial charge in [0.1, 0.15) is 5.92 Å². The summed E-state index contributed by atoms with van der Waals surface area (Å²) in [6.45, 7) is 1.93. The molecular formula is C23H25BrN4O3. The highest BCUT2D eigenvalue weighted by atomic mass is 79.9. The Morgan fingerprint density at radius 2 is 1.90 bits per heavy atom. The number of nitrogens with zero attached hydrogens (tertiary/aromatic N) is 2. The molecule has 2 atom stereocenters. The summed E-state index contributed by atoms with van der Waals surface area (Å²) < 4.78 is 0.888. The number of amides is 3. The molecule has 162 valence electrons. The SMILES string of the molecule is NC(=O)C1CCCN1Cc1cccc(NC(=O)C2CCN(c3cccc(Br)c3)C2=O)c1. The molecule has 7 nitrogen and oxygen atoms in total. The van der Waals surface area contributed by atoms with Gasteiger partial charge in [0.15, 0.2) is 0 Å². The average molecular weight is 485 g/mol. The third-order valence-corrected chi connectivity index (χ3v) is 6.41. The molecule has 0 bridgehead atoms. The maximum Gasteiger partial charge on any atom is 0.239 e. The Morgan fingerprint density at radius 3 is 2.68 bits per heavy atom. The number of hydrogen-bond donors (Lipinski definition) is 2. The first-order valence-corrected chi connectivity index (χ1v) is 11.2. The van der Waals surface area contributed by atoms with E-state index in [0.717, 1.165) is 35.1 Å². The summed E-state index contributed by atoms with van der Waals surface area (Å²) in [5.74, 6) is -1.49. The summed E-state index contributed by atoms with van der Waals surface area (Å²) in [6.07, 6.45) is 2.21. The van der Waals surface area contributed by atoms with E-state index in [9.17, 15) is 14.4 Å². The Hall–Kier alpha value is -2.71. The highest BCUT2D eigenvalue weighted by Gasteiger charge is 2.37. The lowest BCUT2D eigenvalue weighted by atomic mass is 10.1. The van der Waals surface area contributed by atoms with Crippen LogP contribution in [0.15, 0.2) is 53.0 Å². The fourth-order valence-corrected chi connectivity index (χ4v) is 4.76. The fraction of sp³-hybridized carbons (Fsp3) is 0.348. The number of benzene rings is 2. The van der Waals surface area contributed by atoms with Gasteiger partial charge in [0, 0.05) is 28.9 Å². The molecule has 0 aliphatic carbocycles. The number of hydrogen-bond acceptors (Lipinski definition) is 4. The number of nitrogens with one attached hydrogen (secondary N) is 1. The smallest absolute Gasteiger partial charge is 0.239 e. The molecule has 2 unspecified atom stereocenters. The summed E-state index contributed by atoms with van der Waals surface area (Å²) >= 11 is 3.42. The molecule has 31 heavy (non-hydrogen) atoms. The Labute approximate surface area is 189 Å². The Balaban J connectivity index is 1.40. The molecule has 3 N–H and O–H groups in total. The maximum atomic E-state index is 12.8. The monoisotopic (exact) mass is 484 g/mol. The minimum Gasteiger partial charge on any atom is -0.368 e. The van der Waals surface area contributed by atoms with Crippen LogP contribution < -0.4 is 16.0 Å². The summed E-state index contributed by atoms with van der Waals surface area (Å²) in [5.41, 5.74) is 7.92. The summed E-state index contributed by atoms with van der Waals surface area (Å²) in [6, 6.07) is 14.8. The Bertz CT molecular complexity index is 1010. The highest BCUT2D eigenvalue weighted by Crippen LogP contribution is 2.28. The number of rotatable bonds is 6. The van der Waals surface area contributed by atoms with Crippen molar-refractivity contribution in [1.82, 2.24) is 4.90 Å². The van der Waals surface area contributed by atoms with Gasteiger partial charge in [-0.05, 0) is 61.7 Å². The van der Waals surface area contributed by atoms with Crippen molar-refractivity contribution >= 4 is 45.0 Å². The number of primary amides is 1. The largest absolute Gasteiger partial charge is 0.368 e. The molecule has 0 spiro atoms. The van der Waals surface area contributed by atoms with Crippen LogP contribution in [0, 0.1) is 5.92 Å². The van der Waals surface area contributed by atoms with Gasteiger partial charge in [-0.3, -0.25) is 19.3 Å². The normalized spacial score (nSPS) is 21.5. The minimum absolute atomic E-state index is 0.187. The number of halogens is 1. The lowest BCUT2D eigenvalue weighted by Gasteiger charge is -2.22. The van der Waals surface area contributed by atoms with Gasteiger partial charge in [-0.25, -0.2) is 0 Å². The predicted octanol–water partition coefficient (Wildman–Crippen LogP) is 2.89. The van der Waals surface area contributed by atoms with Crippen LogP contribution in [0.3, 0.4) is 0 Å². The maximum absolute atomic E-state index is 12.8. The third kappa shape index (κ3) is 4.80. The van der Waals surface area contributed by atoms with E-state index < -0.39 is 5.92 Å². The van der Waals surface area contributed by atoms with E-state index in [-0.39, 0.29) is 23.8 Å². The van der Waals surface area contributed by atoms with E-state index in [1.165, 1.54) is 0 Å². The molecule has 0 radical (unpaired) electrons. The number of carbonyl (C=O) groups is 3. The molecule has 2 saturated heterocycles. The molecule has 2 aliphatic rings. The number of nitrogens with two attached hydrogens (primary N) is 1. The zero-order valence-electron chi connectivity index (χ0n) is 17.1. The number of carbonyl (C=O) groups excluding carboxylic acids is 3. The number of anilines is 2. The lowest BCUT2D eigenvalue weighted by molar-refractivity contribution is -0.129. The van der Waals surface area contributed by atoms with Crippen LogP contribution in [0.5, 0.6) is 0 Å². The van der Waals surface area contributed by atoms with Crippen molar-refractivity contribution in [2.75, 3.05) is 23.3 Å². The Morgan fingerprint density at radius 1 is 1.10 bits per heavy atom. The van der Waals surface area contributed by atoms with Gasteiger partial charge < -0.3 is 16.0 Å². The van der Waals surface area contributed by atoms with Crippen LogP contribution >= 0.6 is 15.9 Å². The first-order valence-electron chi connectivity index (χ1n) is 10.4. The fourth-order valence-electron chi connectivity index (χ4n) is 4.37. The van der Waals surface area contributed by atoms with Crippen molar-refractivity contribution < 1.29 is 14.4 Å². The van der Waals surface area contributed by atoms with Gasteiger partial charge in [-0.2, -0.15) is 0 Å². The lowest BCUT2D eigenvalue weighted by Crippen LogP contribution is -2.39. The van der Waals surface area contributed by atoms with Crippen molar-refractivity contribution in [1.29, 1.82) is 0 Å². The predicted molar refractivity (Wildman–Crippen MR) is 122 cm³/mol. The second kappa shape index (κ2) is 9.20. The second-order valence-corrected chi connectivity index (χ2v) is 8.95. The first kappa shape index (κ1) is 21.5. The van der Waals surface area contributed by atoms with E-state index in [4.69, 9.17) is 5.73 Å². The van der Waals surface area contributed by atoms with E-state index >= 15 is 0 Å². The molecule has 2 heterocycles. The van der Waals surface area contributed by atoms with Crippen LogP contribution in [-0.4, -0.2) is 41.8 Å². The van der Waals surface area contributed by atoms with E-state index in [1.54, 1.807) is 4.90 Å². The van der Waals surface area contributed by atoms with Crippen LogP contribution in [0.25, 0.3) is 0 Å². The van der Waals surface area contributed by atoms with Crippen LogP contribution in [0.4, 0.5) is 11.4 Å². The first-order chi connectivity index (χ1) is 14.9. The molecule has 3 amide bonds. The molecule has 8 heteroatoms. The molecule has 2 aromatic rings. The van der Waals surface area contributed by atoms with E-state index in [0.29, 0.717) is 25.2 Å². The molecule has 0 saturated carbocycles. The molecular weight excluding hydrogens is 460 g/mol. The third-order valence-electron chi connectivity index (χ3n) is 5.91. The summed E-state index contributed by atoms with van der Waals surface area (Å²) in [5, 5.41) is 2.89. The van der Waals surface area contributed by atoms with Crippen molar-refractivity contribution in [3.05, 3.63) is 58.6 Å². The summed E-state index contributed by atoms with van der Waals surface area (Å²) in [7, 11) is 0. The zero-order chi connectivity index (χ0) is 22.0. The van der Waals surface area contributed by atoms with Crippen LogP contribution in [0.1, 0.15) is 24.8 Å². The number of likely N-dealkylation sites (tertiary alicyclic amines) is 1. The highest BCUT2D eigenvalue weighted by molar-refractivity contribution is 9.10. The second-order valence-electron chi connectivity index (χ2n) is 8.03. The molecule has 2 aromatic carbocycles. The quantitative estimate of drug-likeness (QED) is 0.616. The summed E-state index contributed by atoms with van der Waals surface area (Å²) in [4.78, 5) is 41.0. The van der Waals surface area contributed by atoms with Gasteiger partial charge in [-0.1, -0.05) is 34.1 Å². The molecule has 4 rings (SSSR count). The van der Waals surface area contributed by atoms with Gasteiger partial charge >= 0.3 is 0 Å². The van der Waals surface area contributed by atoms with Crippen molar-refractivity contribution in [3.63, 3.8) is 0 Å². The molecule has 2 fully saturated rings. The average Bonchev–Trinajstić information content (AvgIpc) is 3.35. The zero-order valence-corrected chi connectivity index (χ0v) is 18.7. The van der Waals surface area contributed by atoms with Crippen molar-refractivity contribution in [2.24, 2.45) is 11.7 Å². The van der Waals surface area contributed by atoms with Gasteiger partial charge in [0.05, 0.1) is 6.04 Å². The standard InChI is InChI=1S/C23H25BrN4O3/c24-16-5-2-7-18(13-16)28-11-9-19(23(28)31)22(30)26-17-6-1-4-15(12-17)14-27-10-3-8-20(27)21(25)29/h1-2,4-7,12-13,19-20H,3,8-11,14H2,(H2,25,29)(H,26,30). The van der Waals surface area contributed by atoms with E-state index in [2.05, 4.69) is 26.1 Å². The van der Waals surface area contributed by atoms with E-state index in [1.807, 2.05) is 48.5 Å². The topological polar surface area (TPSA) is 95.7 Å².